The SMILES string of the molecule is CN(C)CCNC(=O)C(Cl)Cl. The Hall–Kier alpha value is 0.01000. The fourth-order valence-electron chi connectivity index (χ4n) is 0.480. The molecule has 0 fully saturated rings. The van der Waals surface area contributed by atoms with E-state index in [0.29, 0.717) is 6.54 Å². The maximum absolute atomic E-state index is 10.7. The highest BCUT2D eigenvalue weighted by molar-refractivity contribution is 6.53. The van der Waals surface area contributed by atoms with Gasteiger partial charge in [0.05, 0.1) is 0 Å². The predicted octanol–water partition coefficient (Wildman–Crippen LogP) is 0.468. The number of halogens is 2. The van der Waals surface area contributed by atoms with Crippen LogP contribution in [0.25, 0.3) is 0 Å². The molecule has 0 saturated carbocycles. The molecule has 3 nitrogen and oxygen atoms in total. The molecule has 0 radical (unpaired) electrons. The van der Waals surface area contributed by atoms with Crippen LogP contribution in [0.15, 0.2) is 0 Å². The van der Waals surface area contributed by atoms with Gasteiger partial charge in [-0.15, -0.1) is 0 Å². The second-order valence-corrected chi connectivity index (χ2v) is 3.49. The average Bonchev–Trinajstić information content (AvgIpc) is 1.86. The number of alkyl halides is 2. The Bertz CT molecular complexity index is 128. The Morgan fingerprint density at radius 3 is 2.45 bits per heavy atom. The number of carbonyl (C=O) groups is 1. The quantitative estimate of drug-likeness (QED) is 0.667. The van der Waals surface area contributed by atoms with Crippen molar-refractivity contribution in [3.63, 3.8) is 0 Å². The fraction of sp³-hybridized carbons (Fsp3) is 0.833. The van der Waals surface area contributed by atoms with E-state index in [1.54, 1.807) is 0 Å². The van der Waals surface area contributed by atoms with Crippen LogP contribution >= 0.6 is 23.2 Å². The van der Waals surface area contributed by atoms with Crippen LogP contribution in [0.3, 0.4) is 0 Å². The molecule has 11 heavy (non-hydrogen) atoms. The summed E-state index contributed by atoms with van der Waals surface area (Å²) in [7, 11) is 3.84. The number of nitrogens with zero attached hydrogens (tertiary/aromatic N) is 1. The number of rotatable bonds is 4. The number of amides is 1. The van der Waals surface area contributed by atoms with Crippen LogP contribution in [0, 0.1) is 0 Å². The highest BCUT2D eigenvalue weighted by Gasteiger charge is 2.09. The summed E-state index contributed by atoms with van der Waals surface area (Å²) >= 11 is 10.6. The van der Waals surface area contributed by atoms with Gasteiger partial charge >= 0.3 is 0 Å². The zero-order valence-electron chi connectivity index (χ0n) is 6.60. The summed E-state index contributed by atoms with van der Waals surface area (Å²) in [5.74, 6) is -0.338. The summed E-state index contributed by atoms with van der Waals surface area (Å²) in [6.07, 6.45) is 0. The number of hydrogen-bond acceptors (Lipinski definition) is 2. The van der Waals surface area contributed by atoms with Gasteiger partial charge in [-0.1, -0.05) is 23.2 Å². The van der Waals surface area contributed by atoms with Crippen LogP contribution < -0.4 is 5.32 Å². The fourth-order valence-corrected chi connectivity index (χ4v) is 0.634. The van der Waals surface area contributed by atoms with Gasteiger partial charge in [0.2, 0.25) is 0 Å². The third-order valence-electron chi connectivity index (χ3n) is 1.06. The van der Waals surface area contributed by atoms with Gasteiger partial charge in [0.15, 0.2) is 4.84 Å². The third kappa shape index (κ3) is 6.41. The summed E-state index contributed by atoms with van der Waals surface area (Å²) in [5.41, 5.74) is 0. The molecule has 0 aromatic rings. The van der Waals surface area contributed by atoms with Crippen LogP contribution in [-0.4, -0.2) is 42.8 Å². The number of hydrogen-bond donors (Lipinski definition) is 1. The van der Waals surface area contributed by atoms with E-state index < -0.39 is 4.84 Å². The molecule has 0 aromatic carbocycles. The lowest BCUT2D eigenvalue weighted by Crippen LogP contribution is -2.34. The molecule has 5 heteroatoms. The topological polar surface area (TPSA) is 32.3 Å². The molecular formula is C6H12Cl2N2O. The van der Waals surface area contributed by atoms with Crippen molar-refractivity contribution >= 4 is 29.1 Å². The molecule has 0 saturated heterocycles. The van der Waals surface area contributed by atoms with Crippen molar-refractivity contribution in [3.8, 4) is 0 Å². The zero-order valence-corrected chi connectivity index (χ0v) is 8.11. The van der Waals surface area contributed by atoms with Crippen LogP contribution in [0.5, 0.6) is 0 Å². The Morgan fingerprint density at radius 2 is 2.09 bits per heavy atom. The number of likely N-dealkylation sites (N-methyl/N-ethyl adjacent to an activating group) is 1. The van der Waals surface area contributed by atoms with E-state index >= 15 is 0 Å². The van der Waals surface area contributed by atoms with Gasteiger partial charge in [0, 0.05) is 13.1 Å². The molecule has 0 atom stereocenters. The monoisotopic (exact) mass is 198 g/mol. The highest BCUT2D eigenvalue weighted by Crippen LogP contribution is 1.99. The van der Waals surface area contributed by atoms with Crippen molar-refractivity contribution in [1.29, 1.82) is 0 Å². The molecule has 66 valence electrons. The van der Waals surface area contributed by atoms with E-state index in [2.05, 4.69) is 5.32 Å². The van der Waals surface area contributed by atoms with Crippen LogP contribution in [0.1, 0.15) is 0 Å². The normalized spacial score (nSPS) is 10.7. The van der Waals surface area contributed by atoms with Crippen LogP contribution in [0.4, 0.5) is 0 Å². The molecule has 0 aliphatic rings. The van der Waals surface area contributed by atoms with E-state index in [0.717, 1.165) is 6.54 Å². The molecule has 0 unspecified atom stereocenters. The Labute approximate surface area is 76.6 Å². The summed E-state index contributed by atoms with van der Waals surface area (Å²) in [4.78, 5) is 11.7. The molecule has 0 bridgehead atoms. The van der Waals surface area contributed by atoms with Crippen molar-refractivity contribution in [2.45, 2.75) is 4.84 Å². The van der Waals surface area contributed by atoms with E-state index in [9.17, 15) is 4.79 Å². The molecule has 1 N–H and O–H groups in total. The van der Waals surface area contributed by atoms with Gasteiger partial charge in [-0.2, -0.15) is 0 Å². The maximum Gasteiger partial charge on any atom is 0.253 e. The van der Waals surface area contributed by atoms with E-state index in [-0.39, 0.29) is 5.91 Å². The van der Waals surface area contributed by atoms with Gasteiger partial charge in [-0.25, -0.2) is 0 Å². The molecular weight excluding hydrogens is 187 g/mol. The van der Waals surface area contributed by atoms with Gasteiger partial charge < -0.3 is 10.2 Å². The molecule has 0 aromatic heterocycles. The second kappa shape index (κ2) is 5.63. The van der Waals surface area contributed by atoms with E-state index in [1.165, 1.54) is 0 Å². The highest BCUT2D eigenvalue weighted by atomic mass is 35.5. The van der Waals surface area contributed by atoms with Crippen molar-refractivity contribution in [1.82, 2.24) is 10.2 Å². The molecule has 0 aliphatic carbocycles. The Kier molecular flexibility index (Phi) is 5.64. The summed E-state index contributed by atoms with van der Waals surface area (Å²) < 4.78 is 0. The minimum absolute atomic E-state index is 0.338. The first-order chi connectivity index (χ1) is 5.04. The van der Waals surface area contributed by atoms with Gasteiger partial charge in [0.25, 0.3) is 5.91 Å². The second-order valence-electron chi connectivity index (χ2n) is 2.39. The average molecular weight is 199 g/mol. The molecule has 0 rings (SSSR count). The van der Waals surface area contributed by atoms with Crippen molar-refractivity contribution in [2.75, 3.05) is 27.2 Å². The molecule has 0 aliphatic heterocycles. The molecule has 0 spiro atoms. The van der Waals surface area contributed by atoms with E-state index in [4.69, 9.17) is 23.2 Å². The van der Waals surface area contributed by atoms with Crippen molar-refractivity contribution in [2.24, 2.45) is 0 Å². The summed E-state index contributed by atoms with van der Waals surface area (Å²) in [5, 5.41) is 2.57. The largest absolute Gasteiger partial charge is 0.352 e. The number of nitrogens with one attached hydrogen (secondary N) is 1. The van der Waals surface area contributed by atoms with Gasteiger partial charge in [-0.3, -0.25) is 4.79 Å². The first-order valence-electron chi connectivity index (χ1n) is 3.24. The standard InChI is InChI=1S/C6H12Cl2N2O/c1-10(2)4-3-9-6(11)5(7)8/h5H,3-4H2,1-2H3,(H,9,11). The lowest BCUT2D eigenvalue weighted by atomic mass is 10.5. The van der Waals surface area contributed by atoms with Crippen molar-refractivity contribution < 1.29 is 4.79 Å². The zero-order chi connectivity index (χ0) is 8.85. The number of carbonyl (C=O) groups excluding carboxylic acids is 1. The molecule has 1 amide bonds. The van der Waals surface area contributed by atoms with Crippen LogP contribution in [0.2, 0.25) is 0 Å². The Balaban J connectivity index is 3.32. The van der Waals surface area contributed by atoms with Crippen LogP contribution in [-0.2, 0) is 4.79 Å². The Morgan fingerprint density at radius 1 is 1.55 bits per heavy atom. The lowest BCUT2D eigenvalue weighted by Gasteiger charge is -2.10. The third-order valence-corrected chi connectivity index (χ3v) is 1.45. The first kappa shape index (κ1) is 11.0. The van der Waals surface area contributed by atoms with Gasteiger partial charge in [-0.05, 0) is 14.1 Å². The predicted molar refractivity (Wildman–Crippen MR) is 47.1 cm³/mol. The summed E-state index contributed by atoms with van der Waals surface area (Å²) in [6.45, 7) is 1.36. The van der Waals surface area contributed by atoms with E-state index in [1.807, 2.05) is 19.0 Å². The minimum Gasteiger partial charge on any atom is -0.352 e. The smallest absolute Gasteiger partial charge is 0.253 e. The van der Waals surface area contributed by atoms with Gasteiger partial charge in [0.1, 0.15) is 0 Å². The minimum atomic E-state index is -0.961. The van der Waals surface area contributed by atoms with Crippen molar-refractivity contribution in [3.05, 3.63) is 0 Å². The molecule has 0 heterocycles. The summed E-state index contributed by atoms with van der Waals surface area (Å²) in [6, 6.07) is 0. The first-order valence-corrected chi connectivity index (χ1v) is 4.12. The maximum atomic E-state index is 10.7. The lowest BCUT2D eigenvalue weighted by molar-refractivity contribution is -0.119.